The average Bonchev–Trinajstić information content (AvgIpc) is 2.46. The zero-order valence-electron chi connectivity index (χ0n) is 10.6. The second kappa shape index (κ2) is 6.85. The van der Waals surface area contributed by atoms with Gasteiger partial charge in [0.15, 0.2) is 0 Å². The highest BCUT2D eigenvalue weighted by Crippen LogP contribution is 2.07. The zero-order chi connectivity index (χ0) is 13.6. The van der Waals surface area contributed by atoms with Gasteiger partial charge in [-0.05, 0) is 12.1 Å². The molecule has 1 aromatic carbocycles. The molecular weight excluding hydrogens is 268 g/mol. The monoisotopic (exact) mass is 286 g/mol. The molecule has 1 aromatic rings. The smallest absolute Gasteiger partial charge is 0.279 e. The summed E-state index contributed by atoms with van der Waals surface area (Å²) in [7, 11) is -3.41. The molecule has 0 radical (unpaired) electrons. The summed E-state index contributed by atoms with van der Waals surface area (Å²) in [5.74, 6) is 0.730. The highest BCUT2D eigenvalue weighted by molar-refractivity contribution is 7.87. The molecule has 106 valence electrons. The van der Waals surface area contributed by atoms with Gasteiger partial charge in [-0.25, -0.2) is 0 Å². The molecule has 7 heteroatoms. The number of ether oxygens (including phenoxy) is 2. The SMILES string of the molecule is O=S(=O)(NCCOc1ccccc1)N1CCOCC1. The minimum Gasteiger partial charge on any atom is -0.492 e. The van der Waals surface area contributed by atoms with Gasteiger partial charge in [-0.3, -0.25) is 0 Å². The van der Waals surface area contributed by atoms with Gasteiger partial charge in [-0.2, -0.15) is 17.4 Å². The summed E-state index contributed by atoms with van der Waals surface area (Å²) in [6, 6.07) is 9.29. The van der Waals surface area contributed by atoms with Crippen LogP contribution in [0.1, 0.15) is 0 Å². The number of rotatable bonds is 6. The number of morpholine rings is 1. The van der Waals surface area contributed by atoms with E-state index in [0.717, 1.165) is 5.75 Å². The molecule has 1 heterocycles. The number of nitrogens with zero attached hydrogens (tertiary/aromatic N) is 1. The van der Waals surface area contributed by atoms with Crippen molar-refractivity contribution >= 4 is 10.2 Å². The van der Waals surface area contributed by atoms with Crippen molar-refractivity contribution in [3.63, 3.8) is 0 Å². The lowest BCUT2D eigenvalue weighted by atomic mass is 10.3. The summed E-state index contributed by atoms with van der Waals surface area (Å²) >= 11 is 0. The maximum Gasteiger partial charge on any atom is 0.279 e. The summed E-state index contributed by atoms with van der Waals surface area (Å²) in [6.45, 7) is 2.23. The molecule has 0 unspecified atom stereocenters. The van der Waals surface area contributed by atoms with Gasteiger partial charge < -0.3 is 9.47 Å². The average molecular weight is 286 g/mol. The highest BCUT2D eigenvalue weighted by atomic mass is 32.2. The molecule has 0 aliphatic carbocycles. The molecular formula is C12H18N2O4S. The van der Waals surface area contributed by atoms with E-state index < -0.39 is 10.2 Å². The molecule has 6 nitrogen and oxygen atoms in total. The number of hydrogen-bond acceptors (Lipinski definition) is 4. The standard InChI is InChI=1S/C12H18N2O4S/c15-19(16,14-7-10-17-11-8-14)13-6-9-18-12-4-2-1-3-5-12/h1-5,13H,6-11H2. The van der Waals surface area contributed by atoms with Gasteiger partial charge >= 0.3 is 0 Å². The third-order valence-corrected chi connectivity index (χ3v) is 4.32. The van der Waals surface area contributed by atoms with Crippen LogP contribution in [0.3, 0.4) is 0 Å². The van der Waals surface area contributed by atoms with E-state index in [0.29, 0.717) is 32.9 Å². The Bertz CT molecular complexity index is 472. The lowest BCUT2D eigenvalue weighted by molar-refractivity contribution is 0.0724. The molecule has 19 heavy (non-hydrogen) atoms. The molecule has 0 spiro atoms. The summed E-state index contributed by atoms with van der Waals surface area (Å²) in [4.78, 5) is 0. The molecule has 0 bridgehead atoms. The molecule has 1 fully saturated rings. The van der Waals surface area contributed by atoms with Crippen molar-refractivity contribution in [2.45, 2.75) is 0 Å². The third-order valence-electron chi connectivity index (χ3n) is 2.71. The highest BCUT2D eigenvalue weighted by Gasteiger charge is 2.23. The van der Waals surface area contributed by atoms with Crippen LogP contribution >= 0.6 is 0 Å². The Kier molecular flexibility index (Phi) is 5.15. The summed E-state index contributed by atoms with van der Waals surface area (Å²) in [6.07, 6.45) is 0. The number of para-hydroxylation sites is 1. The van der Waals surface area contributed by atoms with E-state index >= 15 is 0 Å². The van der Waals surface area contributed by atoms with Crippen molar-refractivity contribution in [2.75, 3.05) is 39.5 Å². The predicted octanol–water partition coefficient (Wildman–Crippen LogP) is 0.232. The van der Waals surface area contributed by atoms with E-state index in [1.165, 1.54) is 4.31 Å². The van der Waals surface area contributed by atoms with Crippen molar-refractivity contribution < 1.29 is 17.9 Å². The van der Waals surface area contributed by atoms with Gasteiger partial charge in [-0.15, -0.1) is 0 Å². The van der Waals surface area contributed by atoms with Crippen LogP contribution in [0.5, 0.6) is 5.75 Å². The number of hydrogen-bond donors (Lipinski definition) is 1. The Morgan fingerprint density at radius 2 is 1.89 bits per heavy atom. The van der Waals surface area contributed by atoms with Gasteiger partial charge in [0.1, 0.15) is 12.4 Å². The molecule has 1 saturated heterocycles. The van der Waals surface area contributed by atoms with Crippen molar-refractivity contribution in [3.8, 4) is 5.75 Å². The van der Waals surface area contributed by atoms with Gasteiger partial charge in [-0.1, -0.05) is 18.2 Å². The van der Waals surface area contributed by atoms with Gasteiger partial charge in [0, 0.05) is 19.6 Å². The van der Waals surface area contributed by atoms with Crippen LogP contribution in [0.2, 0.25) is 0 Å². The second-order valence-electron chi connectivity index (χ2n) is 4.07. The Morgan fingerprint density at radius 3 is 2.58 bits per heavy atom. The van der Waals surface area contributed by atoms with Gasteiger partial charge in [0.25, 0.3) is 10.2 Å². The molecule has 1 aliphatic heterocycles. The summed E-state index contributed by atoms with van der Waals surface area (Å²) in [5.41, 5.74) is 0. The van der Waals surface area contributed by atoms with Crippen LogP contribution in [0.25, 0.3) is 0 Å². The quantitative estimate of drug-likeness (QED) is 0.760. The molecule has 0 amide bonds. The molecule has 2 rings (SSSR count). The van der Waals surface area contributed by atoms with Crippen LogP contribution in [-0.4, -0.2) is 52.2 Å². The third kappa shape index (κ3) is 4.46. The Hall–Kier alpha value is -1.15. The lowest BCUT2D eigenvalue weighted by Gasteiger charge is -2.26. The summed E-state index contributed by atoms with van der Waals surface area (Å²) in [5, 5.41) is 0. The van der Waals surface area contributed by atoms with Crippen LogP contribution in [0.15, 0.2) is 30.3 Å². The van der Waals surface area contributed by atoms with Crippen molar-refractivity contribution in [3.05, 3.63) is 30.3 Å². The maximum absolute atomic E-state index is 11.9. The summed E-state index contributed by atoms with van der Waals surface area (Å²) < 4.78 is 38.2. The number of nitrogens with one attached hydrogen (secondary N) is 1. The fraction of sp³-hybridized carbons (Fsp3) is 0.500. The Morgan fingerprint density at radius 1 is 1.21 bits per heavy atom. The molecule has 1 N–H and O–H groups in total. The van der Waals surface area contributed by atoms with E-state index in [-0.39, 0.29) is 6.54 Å². The predicted molar refractivity (Wildman–Crippen MR) is 71.3 cm³/mol. The molecule has 0 saturated carbocycles. The first-order chi connectivity index (χ1) is 9.18. The first-order valence-corrected chi connectivity index (χ1v) is 7.63. The van der Waals surface area contributed by atoms with E-state index in [1.807, 2.05) is 30.3 Å². The lowest BCUT2D eigenvalue weighted by Crippen LogP contribution is -2.47. The second-order valence-corrected chi connectivity index (χ2v) is 5.83. The fourth-order valence-electron chi connectivity index (χ4n) is 1.73. The van der Waals surface area contributed by atoms with Crippen molar-refractivity contribution in [1.29, 1.82) is 0 Å². The van der Waals surface area contributed by atoms with E-state index in [2.05, 4.69) is 4.72 Å². The largest absolute Gasteiger partial charge is 0.492 e. The Labute approximate surface area is 113 Å². The van der Waals surface area contributed by atoms with Crippen molar-refractivity contribution in [2.24, 2.45) is 0 Å². The maximum atomic E-state index is 11.9. The van der Waals surface area contributed by atoms with E-state index in [4.69, 9.17) is 9.47 Å². The first kappa shape index (κ1) is 14.3. The van der Waals surface area contributed by atoms with Crippen LogP contribution in [-0.2, 0) is 14.9 Å². The topological polar surface area (TPSA) is 67.9 Å². The Balaban J connectivity index is 1.72. The molecule has 0 aromatic heterocycles. The molecule has 0 atom stereocenters. The minimum absolute atomic E-state index is 0.245. The molecule has 1 aliphatic rings. The normalized spacial score (nSPS) is 17.3. The first-order valence-electron chi connectivity index (χ1n) is 6.19. The number of benzene rings is 1. The zero-order valence-corrected chi connectivity index (χ0v) is 11.4. The fourth-order valence-corrected chi connectivity index (χ4v) is 2.89. The minimum atomic E-state index is -3.41. The van der Waals surface area contributed by atoms with Gasteiger partial charge in [0.2, 0.25) is 0 Å². The van der Waals surface area contributed by atoms with E-state index in [1.54, 1.807) is 0 Å². The van der Waals surface area contributed by atoms with Crippen LogP contribution in [0.4, 0.5) is 0 Å². The van der Waals surface area contributed by atoms with Crippen LogP contribution in [0, 0.1) is 0 Å². The van der Waals surface area contributed by atoms with Crippen LogP contribution < -0.4 is 9.46 Å². The van der Waals surface area contributed by atoms with E-state index in [9.17, 15) is 8.42 Å². The van der Waals surface area contributed by atoms with Gasteiger partial charge in [0.05, 0.1) is 13.2 Å². The van der Waals surface area contributed by atoms with Crippen molar-refractivity contribution in [1.82, 2.24) is 9.03 Å².